The molecule has 0 radical (unpaired) electrons. The highest BCUT2D eigenvalue weighted by atomic mass is 15.1. The molecule has 0 unspecified atom stereocenters. The zero-order chi connectivity index (χ0) is 35.4. The lowest BCUT2D eigenvalue weighted by molar-refractivity contribution is 0.809. The van der Waals surface area contributed by atoms with Gasteiger partial charge in [-0.05, 0) is 108 Å². The Morgan fingerprint density at radius 2 is 0.981 bits per heavy atom. The second-order valence-corrected chi connectivity index (χ2v) is 14.6. The lowest BCUT2D eigenvalue weighted by Gasteiger charge is -2.32. The van der Waals surface area contributed by atoms with Crippen molar-refractivity contribution in [2.24, 2.45) is 0 Å². The van der Waals surface area contributed by atoms with Gasteiger partial charge in [-0.25, -0.2) is 4.98 Å². The Kier molecular flexibility index (Phi) is 6.01. The summed E-state index contributed by atoms with van der Waals surface area (Å²) >= 11 is 0. The standard InChI is InChI=1S/C52H32N2/c1-2-13-35(14-3-1)51-53-47-20-10-11-21-48(47)54(51)38-27-22-33(23-28-38)36-25-29-40-37(32-36)26-31-44-43-30-24-34-12-4-5-15-39(34)49(43)52(50(40)44)45-18-8-6-16-41(45)42-17-7-9-19-46(42)52/h1-32H. The van der Waals surface area contributed by atoms with E-state index in [-0.39, 0.29) is 0 Å². The highest BCUT2D eigenvalue weighted by molar-refractivity contribution is 6.09. The first-order valence-electron chi connectivity index (χ1n) is 18.7. The van der Waals surface area contributed by atoms with Gasteiger partial charge in [-0.3, -0.25) is 4.57 Å². The Morgan fingerprint density at radius 1 is 0.389 bits per heavy atom. The number of benzene rings is 9. The lowest BCUT2D eigenvalue weighted by atomic mass is 9.68. The van der Waals surface area contributed by atoms with Crippen molar-refractivity contribution in [1.29, 1.82) is 0 Å². The van der Waals surface area contributed by atoms with Gasteiger partial charge in [0, 0.05) is 11.3 Å². The van der Waals surface area contributed by atoms with Crippen molar-refractivity contribution < 1.29 is 0 Å². The maximum Gasteiger partial charge on any atom is 0.145 e. The van der Waals surface area contributed by atoms with Gasteiger partial charge in [-0.15, -0.1) is 0 Å². The quantitative estimate of drug-likeness (QED) is 0.181. The van der Waals surface area contributed by atoms with Crippen LogP contribution in [0.4, 0.5) is 0 Å². The molecule has 0 fully saturated rings. The van der Waals surface area contributed by atoms with Crippen LogP contribution >= 0.6 is 0 Å². The van der Waals surface area contributed by atoms with E-state index in [2.05, 4.69) is 199 Å². The molecule has 2 aliphatic rings. The van der Waals surface area contributed by atoms with Gasteiger partial charge >= 0.3 is 0 Å². The number of rotatable bonds is 3. The Balaban J connectivity index is 1.05. The maximum absolute atomic E-state index is 5.06. The molecule has 10 aromatic rings. The number of imidazole rings is 1. The van der Waals surface area contributed by atoms with E-state index in [1.807, 2.05) is 0 Å². The Morgan fingerprint density at radius 3 is 1.74 bits per heavy atom. The SMILES string of the molecule is c1ccc(-c2nc3ccccc3n2-c2ccc(-c3ccc4c5c(ccc4c3)-c3ccc4ccccc4c3C53c4ccccc4-c4ccccc43)cc2)cc1. The van der Waals surface area contributed by atoms with Crippen molar-refractivity contribution in [3.8, 4) is 50.5 Å². The molecule has 2 aliphatic carbocycles. The average Bonchev–Trinajstić information content (AvgIpc) is 3.88. The molecular formula is C52H32N2. The fourth-order valence-electron chi connectivity index (χ4n) is 9.81. The van der Waals surface area contributed by atoms with Crippen LogP contribution in [-0.2, 0) is 5.41 Å². The Hall–Kier alpha value is -7.03. The molecule has 12 rings (SSSR count). The summed E-state index contributed by atoms with van der Waals surface area (Å²) in [6.07, 6.45) is 0. The largest absolute Gasteiger partial charge is 0.292 e. The first-order valence-corrected chi connectivity index (χ1v) is 18.7. The van der Waals surface area contributed by atoms with Crippen LogP contribution in [0, 0.1) is 0 Å². The van der Waals surface area contributed by atoms with Gasteiger partial charge in [-0.1, -0.05) is 164 Å². The first kappa shape index (κ1) is 29.5. The highest BCUT2D eigenvalue weighted by Gasteiger charge is 2.53. The normalized spacial score (nSPS) is 13.3. The summed E-state index contributed by atoms with van der Waals surface area (Å²) in [5, 5.41) is 5.15. The second kappa shape index (κ2) is 11.0. The smallest absolute Gasteiger partial charge is 0.145 e. The van der Waals surface area contributed by atoms with E-state index in [1.165, 1.54) is 77.2 Å². The van der Waals surface area contributed by atoms with E-state index < -0.39 is 5.41 Å². The predicted octanol–water partition coefficient (Wildman–Crippen LogP) is 13.0. The molecule has 2 heteroatoms. The summed E-state index contributed by atoms with van der Waals surface area (Å²) < 4.78 is 2.27. The van der Waals surface area contributed by atoms with Crippen molar-refractivity contribution >= 4 is 32.6 Å². The molecule has 250 valence electrons. The van der Waals surface area contributed by atoms with E-state index in [0.29, 0.717) is 0 Å². The Labute approximate surface area is 313 Å². The van der Waals surface area contributed by atoms with Crippen LogP contribution in [-0.4, -0.2) is 9.55 Å². The van der Waals surface area contributed by atoms with Crippen molar-refractivity contribution in [2.45, 2.75) is 5.41 Å². The van der Waals surface area contributed by atoms with E-state index >= 15 is 0 Å². The maximum atomic E-state index is 5.06. The molecule has 0 atom stereocenters. The first-order chi connectivity index (χ1) is 26.8. The number of fused-ring (bicyclic) bond motifs is 15. The minimum absolute atomic E-state index is 0.425. The molecule has 1 aromatic heterocycles. The molecule has 0 amide bonds. The van der Waals surface area contributed by atoms with Crippen LogP contribution in [0.1, 0.15) is 22.3 Å². The van der Waals surface area contributed by atoms with Gasteiger partial charge in [-0.2, -0.15) is 0 Å². The minimum atomic E-state index is -0.425. The van der Waals surface area contributed by atoms with Crippen LogP contribution in [0.25, 0.3) is 83.0 Å². The molecule has 54 heavy (non-hydrogen) atoms. The molecule has 0 bridgehead atoms. The summed E-state index contributed by atoms with van der Waals surface area (Å²) in [5.74, 6) is 0.946. The highest BCUT2D eigenvalue weighted by Crippen LogP contribution is 2.65. The van der Waals surface area contributed by atoms with Crippen molar-refractivity contribution in [3.63, 3.8) is 0 Å². The Bertz CT molecular complexity index is 3100. The number of aromatic nitrogens is 2. The predicted molar refractivity (Wildman–Crippen MR) is 223 cm³/mol. The van der Waals surface area contributed by atoms with E-state index in [1.54, 1.807) is 0 Å². The molecule has 0 aliphatic heterocycles. The summed E-state index contributed by atoms with van der Waals surface area (Å²) in [4.78, 5) is 5.06. The number of hydrogen-bond donors (Lipinski definition) is 0. The summed E-state index contributed by atoms with van der Waals surface area (Å²) in [6.45, 7) is 0. The average molecular weight is 685 g/mol. The molecular weight excluding hydrogens is 653 g/mol. The third-order valence-corrected chi connectivity index (χ3v) is 12.0. The zero-order valence-electron chi connectivity index (χ0n) is 29.4. The third-order valence-electron chi connectivity index (χ3n) is 12.0. The van der Waals surface area contributed by atoms with E-state index in [0.717, 1.165) is 28.1 Å². The van der Waals surface area contributed by atoms with Crippen LogP contribution in [0.5, 0.6) is 0 Å². The van der Waals surface area contributed by atoms with Crippen LogP contribution < -0.4 is 0 Å². The van der Waals surface area contributed by atoms with Gasteiger partial charge in [0.15, 0.2) is 0 Å². The van der Waals surface area contributed by atoms with E-state index in [9.17, 15) is 0 Å². The summed E-state index contributed by atoms with van der Waals surface area (Å²) in [5.41, 5.74) is 17.1. The number of hydrogen-bond acceptors (Lipinski definition) is 1. The van der Waals surface area contributed by atoms with Gasteiger partial charge in [0.2, 0.25) is 0 Å². The molecule has 9 aromatic carbocycles. The zero-order valence-corrected chi connectivity index (χ0v) is 29.4. The van der Waals surface area contributed by atoms with Gasteiger partial charge < -0.3 is 0 Å². The van der Waals surface area contributed by atoms with Crippen LogP contribution in [0.3, 0.4) is 0 Å². The molecule has 0 saturated carbocycles. The van der Waals surface area contributed by atoms with Crippen molar-refractivity contribution in [2.75, 3.05) is 0 Å². The topological polar surface area (TPSA) is 17.8 Å². The van der Waals surface area contributed by atoms with E-state index in [4.69, 9.17) is 4.98 Å². The van der Waals surface area contributed by atoms with Gasteiger partial charge in [0.05, 0.1) is 16.4 Å². The van der Waals surface area contributed by atoms with Crippen LogP contribution in [0.15, 0.2) is 194 Å². The number of nitrogens with zero attached hydrogens (tertiary/aromatic N) is 2. The second-order valence-electron chi connectivity index (χ2n) is 14.6. The molecule has 1 heterocycles. The molecule has 0 saturated heterocycles. The third kappa shape index (κ3) is 3.87. The van der Waals surface area contributed by atoms with Gasteiger partial charge in [0.1, 0.15) is 5.82 Å². The number of para-hydroxylation sites is 2. The van der Waals surface area contributed by atoms with Crippen LogP contribution in [0.2, 0.25) is 0 Å². The van der Waals surface area contributed by atoms with Crippen molar-refractivity contribution in [1.82, 2.24) is 9.55 Å². The summed E-state index contributed by atoms with van der Waals surface area (Å²) in [7, 11) is 0. The lowest BCUT2D eigenvalue weighted by Crippen LogP contribution is -2.26. The summed E-state index contributed by atoms with van der Waals surface area (Å²) in [6, 6.07) is 71.4. The van der Waals surface area contributed by atoms with Crippen molar-refractivity contribution in [3.05, 3.63) is 216 Å². The van der Waals surface area contributed by atoms with Gasteiger partial charge in [0.25, 0.3) is 0 Å². The fraction of sp³-hybridized carbons (Fsp3) is 0.0192. The molecule has 0 N–H and O–H groups in total. The molecule has 1 spiro atoms. The monoisotopic (exact) mass is 684 g/mol. The molecule has 2 nitrogen and oxygen atoms in total. The fourth-order valence-corrected chi connectivity index (χ4v) is 9.81. The minimum Gasteiger partial charge on any atom is -0.292 e.